The molecule has 0 aromatic rings. The van der Waals surface area contributed by atoms with Crippen molar-refractivity contribution in [3.8, 4) is 0 Å². The maximum Gasteiger partial charge on any atom is 0.323 e. The number of nitrogens with one attached hydrogen (secondary N) is 1. The number of carboxylic acid groups (broad SMARTS) is 1. The van der Waals surface area contributed by atoms with E-state index in [0.717, 1.165) is 12.8 Å². The van der Waals surface area contributed by atoms with Gasteiger partial charge in [0, 0.05) is 13.2 Å². The van der Waals surface area contributed by atoms with Gasteiger partial charge in [0.2, 0.25) is 0 Å². The molecule has 2 unspecified atom stereocenters. The summed E-state index contributed by atoms with van der Waals surface area (Å²) in [5.74, 6) is -0.484. The van der Waals surface area contributed by atoms with Crippen LogP contribution >= 0.6 is 0 Å². The molecule has 0 heterocycles. The molecular formula is C10H19NO3. The van der Waals surface area contributed by atoms with Gasteiger partial charge in [-0.1, -0.05) is 0 Å². The third-order valence-electron chi connectivity index (χ3n) is 2.80. The van der Waals surface area contributed by atoms with Gasteiger partial charge in [-0.15, -0.1) is 0 Å². The molecule has 0 radical (unpaired) electrons. The Hall–Kier alpha value is -0.610. The fraction of sp³-hybridized carbons (Fsp3) is 0.900. The van der Waals surface area contributed by atoms with Crippen LogP contribution < -0.4 is 5.32 Å². The molecule has 0 aliphatic heterocycles. The van der Waals surface area contributed by atoms with Gasteiger partial charge >= 0.3 is 5.97 Å². The van der Waals surface area contributed by atoms with E-state index in [-0.39, 0.29) is 12.0 Å². The van der Waals surface area contributed by atoms with Crippen LogP contribution in [0.1, 0.15) is 26.7 Å². The van der Waals surface area contributed by atoms with Crippen LogP contribution in [0.3, 0.4) is 0 Å². The van der Waals surface area contributed by atoms with E-state index in [9.17, 15) is 4.79 Å². The van der Waals surface area contributed by atoms with Crippen molar-refractivity contribution in [1.29, 1.82) is 0 Å². The highest BCUT2D eigenvalue weighted by atomic mass is 16.5. The first-order chi connectivity index (χ1) is 6.50. The minimum atomic E-state index is -0.780. The molecule has 1 fully saturated rings. The first-order valence-electron chi connectivity index (χ1n) is 5.00. The van der Waals surface area contributed by atoms with Crippen molar-refractivity contribution in [2.45, 2.75) is 38.3 Å². The Labute approximate surface area is 84.6 Å². The van der Waals surface area contributed by atoms with Gasteiger partial charge in [-0.2, -0.15) is 0 Å². The van der Waals surface area contributed by atoms with E-state index in [1.807, 2.05) is 6.92 Å². The van der Waals surface area contributed by atoms with Crippen molar-refractivity contribution in [2.24, 2.45) is 5.92 Å². The maximum atomic E-state index is 11.1. The Bertz CT molecular complexity index is 215. The number of carbonyl (C=O) groups is 1. The molecule has 1 aliphatic carbocycles. The van der Waals surface area contributed by atoms with Crippen LogP contribution in [0.2, 0.25) is 0 Å². The molecular weight excluding hydrogens is 182 g/mol. The second-order valence-electron chi connectivity index (χ2n) is 4.28. The predicted octanol–water partition coefficient (Wildman–Crippen LogP) is 0.864. The minimum absolute atomic E-state index is 0.0710. The molecule has 1 saturated carbocycles. The number of aliphatic carboxylic acids is 1. The fourth-order valence-corrected chi connectivity index (χ4v) is 1.82. The number of hydrogen-bond donors (Lipinski definition) is 2. The highest BCUT2D eigenvalue weighted by Crippen LogP contribution is 2.39. The molecule has 0 aromatic carbocycles. The predicted molar refractivity (Wildman–Crippen MR) is 53.2 cm³/mol. The van der Waals surface area contributed by atoms with Crippen molar-refractivity contribution in [3.05, 3.63) is 0 Å². The van der Waals surface area contributed by atoms with Gasteiger partial charge in [-0.05, 0) is 32.6 Å². The minimum Gasteiger partial charge on any atom is -0.480 e. The van der Waals surface area contributed by atoms with E-state index in [0.29, 0.717) is 6.61 Å². The Morgan fingerprint density at radius 2 is 2.29 bits per heavy atom. The Morgan fingerprint density at radius 3 is 2.64 bits per heavy atom. The zero-order chi connectivity index (χ0) is 10.8. The summed E-state index contributed by atoms with van der Waals surface area (Å²) in [6.07, 6.45) is 2.02. The fourth-order valence-electron chi connectivity index (χ4n) is 1.82. The highest BCUT2D eigenvalue weighted by molar-refractivity contribution is 5.79. The van der Waals surface area contributed by atoms with Crippen molar-refractivity contribution >= 4 is 5.97 Å². The molecule has 0 amide bonds. The quantitative estimate of drug-likeness (QED) is 0.669. The van der Waals surface area contributed by atoms with E-state index in [2.05, 4.69) is 5.32 Å². The monoisotopic (exact) mass is 201 g/mol. The van der Waals surface area contributed by atoms with Crippen molar-refractivity contribution < 1.29 is 14.6 Å². The molecule has 0 saturated heterocycles. The average molecular weight is 201 g/mol. The Balaban J connectivity index is 2.55. The second-order valence-corrected chi connectivity index (χ2v) is 4.28. The van der Waals surface area contributed by atoms with Crippen molar-refractivity contribution in [1.82, 2.24) is 5.32 Å². The standard InChI is InChI=1S/C10H19NO3/c1-7(6-14-3)11-10(2,9(12)13)8-4-5-8/h7-8,11H,4-6H2,1-3H3,(H,12,13). The summed E-state index contributed by atoms with van der Waals surface area (Å²) in [7, 11) is 1.62. The van der Waals surface area contributed by atoms with E-state index in [4.69, 9.17) is 9.84 Å². The van der Waals surface area contributed by atoms with Crippen LogP contribution in [0.15, 0.2) is 0 Å². The summed E-state index contributed by atoms with van der Waals surface area (Å²) in [4.78, 5) is 11.1. The number of rotatable bonds is 6. The first kappa shape index (κ1) is 11.5. The van der Waals surface area contributed by atoms with Crippen molar-refractivity contribution in [2.75, 3.05) is 13.7 Å². The average Bonchev–Trinajstić information content (AvgIpc) is 2.85. The molecule has 0 aromatic heterocycles. The van der Waals surface area contributed by atoms with Gasteiger partial charge < -0.3 is 9.84 Å². The van der Waals surface area contributed by atoms with Crippen molar-refractivity contribution in [3.63, 3.8) is 0 Å². The van der Waals surface area contributed by atoms with Crippen LogP contribution in [0.4, 0.5) is 0 Å². The zero-order valence-corrected chi connectivity index (χ0v) is 9.04. The van der Waals surface area contributed by atoms with Gasteiger partial charge in [0.1, 0.15) is 5.54 Å². The van der Waals surface area contributed by atoms with Crippen LogP contribution in [0, 0.1) is 5.92 Å². The van der Waals surface area contributed by atoms with E-state index in [1.165, 1.54) is 0 Å². The lowest BCUT2D eigenvalue weighted by molar-refractivity contribution is -0.145. The number of methoxy groups -OCH3 is 1. The molecule has 0 spiro atoms. The molecule has 14 heavy (non-hydrogen) atoms. The van der Waals surface area contributed by atoms with Gasteiger partial charge in [-0.3, -0.25) is 10.1 Å². The topological polar surface area (TPSA) is 58.6 Å². The van der Waals surface area contributed by atoms with E-state index in [1.54, 1.807) is 14.0 Å². The van der Waals surface area contributed by atoms with Gasteiger partial charge in [0.25, 0.3) is 0 Å². The molecule has 1 rings (SSSR count). The summed E-state index contributed by atoms with van der Waals surface area (Å²) in [6, 6.07) is 0.0710. The van der Waals surface area contributed by atoms with Gasteiger partial charge in [-0.25, -0.2) is 0 Å². The molecule has 4 nitrogen and oxygen atoms in total. The SMILES string of the molecule is COCC(C)NC(C)(C(=O)O)C1CC1. The molecule has 82 valence electrons. The summed E-state index contributed by atoms with van der Waals surface area (Å²) in [5.41, 5.74) is -0.780. The smallest absolute Gasteiger partial charge is 0.323 e. The molecule has 4 heteroatoms. The van der Waals surface area contributed by atoms with Gasteiger partial charge in [0.05, 0.1) is 6.61 Å². The third-order valence-corrected chi connectivity index (χ3v) is 2.80. The molecule has 1 aliphatic rings. The number of carboxylic acids is 1. The summed E-state index contributed by atoms with van der Waals surface area (Å²) in [6.45, 7) is 4.24. The first-order valence-corrected chi connectivity index (χ1v) is 5.00. The maximum absolute atomic E-state index is 11.1. The van der Waals surface area contributed by atoms with Crippen LogP contribution in [-0.2, 0) is 9.53 Å². The zero-order valence-electron chi connectivity index (χ0n) is 9.04. The van der Waals surface area contributed by atoms with E-state index >= 15 is 0 Å². The molecule has 2 atom stereocenters. The highest BCUT2D eigenvalue weighted by Gasteiger charge is 2.47. The molecule has 2 N–H and O–H groups in total. The van der Waals surface area contributed by atoms with Gasteiger partial charge in [0.15, 0.2) is 0 Å². The number of hydrogen-bond acceptors (Lipinski definition) is 3. The lowest BCUT2D eigenvalue weighted by atomic mass is 9.95. The van der Waals surface area contributed by atoms with Crippen LogP contribution in [0.25, 0.3) is 0 Å². The van der Waals surface area contributed by atoms with Crippen LogP contribution in [-0.4, -0.2) is 36.4 Å². The lowest BCUT2D eigenvalue weighted by Gasteiger charge is -2.29. The number of ether oxygens (including phenoxy) is 1. The Morgan fingerprint density at radius 1 is 1.71 bits per heavy atom. The third kappa shape index (κ3) is 2.45. The second kappa shape index (κ2) is 4.28. The summed E-state index contributed by atoms with van der Waals surface area (Å²) in [5, 5.41) is 12.3. The van der Waals surface area contributed by atoms with E-state index < -0.39 is 11.5 Å². The lowest BCUT2D eigenvalue weighted by Crippen LogP contribution is -2.55. The van der Waals surface area contributed by atoms with Crippen LogP contribution in [0.5, 0.6) is 0 Å². The largest absolute Gasteiger partial charge is 0.480 e. The Kier molecular flexibility index (Phi) is 3.50. The summed E-state index contributed by atoms with van der Waals surface area (Å²) < 4.78 is 4.97. The normalized spacial score (nSPS) is 22.8. The summed E-state index contributed by atoms with van der Waals surface area (Å²) >= 11 is 0. The molecule has 0 bridgehead atoms.